The van der Waals surface area contributed by atoms with Crippen LogP contribution in [0.5, 0.6) is 0 Å². The van der Waals surface area contributed by atoms with Gasteiger partial charge in [-0.25, -0.2) is 0 Å². The minimum absolute atomic E-state index is 0.223. The molecule has 1 aromatic heterocycles. The molecule has 1 saturated heterocycles. The van der Waals surface area contributed by atoms with Crippen molar-refractivity contribution >= 4 is 0 Å². The van der Waals surface area contributed by atoms with E-state index in [0.717, 1.165) is 30.8 Å². The number of rotatable bonds is 2. The second-order valence-corrected chi connectivity index (χ2v) is 3.91. The van der Waals surface area contributed by atoms with Gasteiger partial charge in [-0.3, -0.25) is 0 Å². The van der Waals surface area contributed by atoms with Gasteiger partial charge < -0.3 is 14.3 Å². The molecule has 0 aliphatic carbocycles. The van der Waals surface area contributed by atoms with Crippen LogP contribution < -0.4 is 0 Å². The lowest BCUT2D eigenvalue weighted by atomic mass is 9.92. The van der Waals surface area contributed by atoms with Gasteiger partial charge >= 0.3 is 0 Å². The van der Waals surface area contributed by atoms with Crippen molar-refractivity contribution in [1.82, 2.24) is 0 Å². The Hall–Kier alpha value is -0.800. The molecule has 0 aromatic carbocycles. The van der Waals surface area contributed by atoms with E-state index in [9.17, 15) is 5.11 Å². The van der Waals surface area contributed by atoms with Crippen LogP contribution in [0.2, 0.25) is 0 Å². The van der Waals surface area contributed by atoms with Gasteiger partial charge in [0.2, 0.25) is 0 Å². The van der Waals surface area contributed by atoms with E-state index in [4.69, 9.17) is 9.15 Å². The average molecular weight is 196 g/mol. The summed E-state index contributed by atoms with van der Waals surface area (Å²) in [6.45, 7) is 3.37. The molecular formula is C11H16O3. The molecule has 2 rings (SSSR count). The van der Waals surface area contributed by atoms with Crippen LogP contribution >= 0.6 is 0 Å². The molecule has 1 aliphatic heterocycles. The van der Waals surface area contributed by atoms with Crippen molar-refractivity contribution in [3.8, 4) is 0 Å². The monoisotopic (exact) mass is 196 g/mol. The number of aliphatic hydroxyl groups is 1. The molecule has 2 heterocycles. The van der Waals surface area contributed by atoms with Crippen LogP contribution in [0, 0.1) is 12.8 Å². The van der Waals surface area contributed by atoms with Gasteiger partial charge in [0.15, 0.2) is 0 Å². The van der Waals surface area contributed by atoms with E-state index in [1.54, 1.807) is 6.26 Å². The number of furan rings is 1. The number of hydrogen-bond donors (Lipinski definition) is 1. The molecule has 0 spiro atoms. The first-order valence-corrected chi connectivity index (χ1v) is 5.08. The Labute approximate surface area is 83.7 Å². The molecule has 0 amide bonds. The molecule has 0 saturated carbocycles. The zero-order valence-electron chi connectivity index (χ0n) is 8.40. The minimum Gasteiger partial charge on any atom is -0.469 e. The fourth-order valence-corrected chi connectivity index (χ4v) is 1.91. The van der Waals surface area contributed by atoms with E-state index < -0.39 is 6.10 Å². The summed E-state index contributed by atoms with van der Waals surface area (Å²) in [6.07, 6.45) is 3.27. The van der Waals surface area contributed by atoms with E-state index >= 15 is 0 Å². The van der Waals surface area contributed by atoms with Crippen molar-refractivity contribution in [3.63, 3.8) is 0 Å². The third-order valence-electron chi connectivity index (χ3n) is 2.73. The maximum atomic E-state index is 10.0. The third kappa shape index (κ3) is 1.99. The zero-order valence-corrected chi connectivity index (χ0v) is 8.40. The molecule has 2 unspecified atom stereocenters. The molecule has 0 radical (unpaired) electrons. The Morgan fingerprint density at radius 1 is 1.57 bits per heavy atom. The van der Waals surface area contributed by atoms with Gasteiger partial charge in [0.1, 0.15) is 5.76 Å². The Balaban J connectivity index is 2.03. The highest BCUT2D eigenvalue weighted by atomic mass is 16.5. The quantitative estimate of drug-likeness (QED) is 0.787. The summed E-state index contributed by atoms with van der Waals surface area (Å²) in [4.78, 5) is 0. The van der Waals surface area contributed by atoms with Gasteiger partial charge in [-0.15, -0.1) is 0 Å². The molecule has 1 aliphatic rings. The number of hydrogen-bond acceptors (Lipinski definition) is 3. The summed E-state index contributed by atoms with van der Waals surface area (Å²) < 4.78 is 10.5. The Kier molecular flexibility index (Phi) is 2.89. The van der Waals surface area contributed by atoms with Crippen molar-refractivity contribution in [2.24, 2.45) is 5.92 Å². The molecule has 3 nitrogen and oxygen atoms in total. The smallest absolute Gasteiger partial charge is 0.101 e. The third-order valence-corrected chi connectivity index (χ3v) is 2.73. The molecule has 78 valence electrons. The predicted molar refractivity (Wildman–Crippen MR) is 51.9 cm³/mol. The largest absolute Gasteiger partial charge is 0.469 e. The van der Waals surface area contributed by atoms with Gasteiger partial charge in [-0.05, 0) is 25.8 Å². The number of aliphatic hydroxyl groups excluding tert-OH is 1. The van der Waals surface area contributed by atoms with Crippen molar-refractivity contribution in [1.29, 1.82) is 0 Å². The molecular weight excluding hydrogens is 180 g/mol. The van der Waals surface area contributed by atoms with Gasteiger partial charge in [-0.2, -0.15) is 0 Å². The lowest BCUT2D eigenvalue weighted by Gasteiger charge is -2.25. The lowest BCUT2D eigenvalue weighted by Crippen LogP contribution is -2.23. The van der Waals surface area contributed by atoms with Crippen molar-refractivity contribution in [2.75, 3.05) is 13.2 Å². The number of aryl methyl sites for hydroxylation is 1. The first-order valence-electron chi connectivity index (χ1n) is 5.08. The summed E-state index contributed by atoms with van der Waals surface area (Å²) in [5, 5.41) is 10.0. The topological polar surface area (TPSA) is 42.6 Å². The van der Waals surface area contributed by atoms with Crippen LogP contribution in [0.25, 0.3) is 0 Å². The minimum atomic E-state index is -0.437. The molecule has 1 aromatic rings. The Morgan fingerprint density at radius 2 is 2.43 bits per heavy atom. The highest BCUT2D eigenvalue weighted by Crippen LogP contribution is 2.29. The van der Waals surface area contributed by atoms with Gasteiger partial charge in [0, 0.05) is 18.1 Å². The van der Waals surface area contributed by atoms with Gasteiger partial charge in [0.05, 0.1) is 19.0 Å². The highest BCUT2D eigenvalue weighted by molar-refractivity contribution is 5.15. The standard InChI is InChI=1S/C11H16O3/c1-8-5-10(7-14-8)11(12)9-3-2-4-13-6-9/h5,7,9,11-12H,2-4,6H2,1H3. The fourth-order valence-electron chi connectivity index (χ4n) is 1.91. The molecule has 1 N–H and O–H groups in total. The first kappa shape index (κ1) is 9.74. The average Bonchev–Trinajstić information content (AvgIpc) is 2.65. The Bertz CT molecular complexity index is 286. The van der Waals surface area contributed by atoms with E-state index in [0.29, 0.717) is 6.61 Å². The fraction of sp³-hybridized carbons (Fsp3) is 0.636. The normalized spacial score (nSPS) is 24.9. The maximum absolute atomic E-state index is 10.0. The van der Waals surface area contributed by atoms with Gasteiger partial charge in [0.25, 0.3) is 0 Å². The SMILES string of the molecule is Cc1cc(C(O)C2CCCOC2)co1. The van der Waals surface area contributed by atoms with E-state index in [1.165, 1.54) is 0 Å². The highest BCUT2D eigenvalue weighted by Gasteiger charge is 2.24. The van der Waals surface area contributed by atoms with E-state index in [2.05, 4.69) is 0 Å². The van der Waals surface area contributed by atoms with Crippen LogP contribution in [0.4, 0.5) is 0 Å². The second kappa shape index (κ2) is 4.15. The van der Waals surface area contributed by atoms with Crippen molar-refractivity contribution < 1.29 is 14.3 Å². The molecule has 14 heavy (non-hydrogen) atoms. The van der Waals surface area contributed by atoms with E-state index in [1.807, 2.05) is 13.0 Å². The molecule has 1 fully saturated rings. The van der Waals surface area contributed by atoms with Crippen LogP contribution in [0.3, 0.4) is 0 Å². The summed E-state index contributed by atoms with van der Waals surface area (Å²) in [6, 6.07) is 1.89. The van der Waals surface area contributed by atoms with Crippen LogP contribution in [0.1, 0.15) is 30.3 Å². The van der Waals surface area contributed by atoms with Crippen LogP contribution in [0.15, 0.2) is 16.7 Å². The predicted octanol–water partition coefficient (Wildman–Crippen LogP) is 2.05. The summed E-state index contributed by atoms with van der Waals surface area (Å²) in [5.41, 5.74) is 0.873. The Morgan fingerprint density at radius 3 is 3.00 bits per heavy atom. The van der Waals surface area contributed by atoms with Crippen LogP contribution in [-0.4, -0.2) is 18.3 Å². The number of ether oxygens (including phenoxy) is 1. The van der Waals surface area contributed by atoms with Crippen molar-refractivity contribution in [3.05, 3.63) is 23.7 Å². The molecule has 0 bridgehead atoms. The summed E-state index contributed by atoms with van der Waals surface area (Å²) in [7, 11) is 0. The summed E-state index contributed by atoms with van der Waals surface area (Å²) >= 11 is 0. The van der Waals surface area contributed by atoms with E-state index in [-0.39, 0.29) is 5.92 Å². The summed E-state index contributed by atoms with van der Waals surface area (Å²) in [5.74, 6) is 1.07. The lowest BCUT2D eigenvalue weighted by molar-refractivity contribution is -0.0101. The molecule has 3 heteroatoms. The zero-order chi connectivity index (χ0) is 9.97. The maximum Gasteiger partial charge on any atom is 0.101 e. The first-order chi connectivity index (χ1) is 6.77. The van der Waals surface area contributed by atoms with Crippen molar-refractivity contribution in [2.45, 2.75) is 25.9 Å². The second-order valence-electron chi connectivity index (χ2n) is 3.91. The molecule has 2 atom stereocenters. The van der Waals surface area contributed by atoms with Crippen LogP contribution in [-0.2, 0) is 4.74 Å². The van der Waals surface area contributed by atoms with Gasteiger partial charge in [-0.1, -0.05) is 0 Å².